The van der Waals surface area contributed by atoms with Crippen LogP contribution < -0.4 is 14.2 Å². The molecule has 3 aromatic carbocycles. The van der Waals surface area contributed by atoms with Gasteiger partial charge in [-0.15, -0.1) is 0 Å². The van der Waals surface area contributed by atoms with Gasteiger partial charge in [0.1, 0.15) is 24.2 Å². The van der Waals surface area contributed by atoms with Crippen LogP contribution in [0.25, 0.3) is 11.1 Å². The summed E-state index contributed by atoms with van der Waals surface area (Å²) in [7, 11) is 3.85. The number of nitrogens with zero attached hydrogens (tertiary/aromatic N) is 1. The summed E-state index contributed by atoms with van der Waals surface area (Å²) in [6.45, 7) is 1.03. The van der Waals surface area contributed by atoms with Gasteiger partial charge in [-0.2, -0.15) is 0 Å². The molecule has 1 saturated carbocycles. The molecule has 1 aliphatic carbocycles. The third-order valence-electron chi connectivity index (χ3n) is 6.26. The number of aromatic hydroxyl groups is 1. The van der Waals surface area contributed by atoms with Crippen molar-refractivity contribution in [3.05, 3.63) is 83.4 Å². The zero-order valence-corrected chi connectivity index (χ0v) is 20.1. The number of phenolic OH excluding ortho intramolecular Hbond substituents is 1. The maximum atomic E-state index is 10.1. The minimum Gasteiger partial charge on any atom is -0.508 e. The van der Waals surface area contributed by atoms with Crippen molar-refractivity contribution in [3.8, 4) is 23.0 Å². The van der Waals surface area contributed by atoms with E-state index in [0.717, 1.165) is 46.6 Å². The second kappa shape index (κ2) is 10.0. The Morgan fingerprint density at radius 2 is 1.54 bits per heavy atom. The van der Waals surface area contributed by atoms with Crippen LogP contribution in [-0.4, -0.2) is 55.3 Å². The van der Waals surface area contributed by atoms with Crippen LogP contribution in [0.15, 0.2) is 66.7 Å². The lowest BCUT2D eigenvalue weighted by Crippen LogP contribution is -2.30. The fourth-order valence-corrected chi connectivity index (χ4v) is 4.51. The highest BCUT2D eigenvalue weighted by atomic mass is 16.7. The Labute approximate surface area is 206 Å². The molecule has 1 atom stereocenters. The summed E-state index contributed by atoms with van der Waals surface area (Å²) in [5.41, 5.74) is 5.62. The van der Waals surface area contributed by atoms with Crippen molar-refractivity contribution in [3.63, 3.8) is 0 Å². The van der Waals surface area contributed by atoms with E-state index in [1.807, 2.05) is 49.3 Å². The molecule has 0 saturated heterocycles. The summed E-state index contributed by atoms with van der Waals surface area (Å²) in [6, 6.07) is 21.5. The molecule has 1 heterocycles. The predicted octanol–water partition coefficient (Wildman–Crippen LogP) is 4.79. The molecule has 35 heavy (non-hydrogen) atoms. The van der Waals surface area contributed by atoms with E-state index in [0.29, 0.717) is 18.2 Å². The van der Waals surface area contributed by atoms with E-state index in [-0.39, 0.29) is 19.1 Å². The predicted molar refractivity (Wildman–Crippen MR) is 136 cm³/mol. The molecule has 1 aliphatic heterocycles. The second-order valence-corrected chi connectivity index (χ2v) is 9.43. The smallest absolute Gasteiger partial charge is 0.231 e. The van der Waals surface area contributed by atoms with Crippen LogP contribution in [0.3, 0.4) is 0 Å². The highest BCUT2D eigenvalue weighted by Gasteiger charge is 2.31. The quantitative estimate of drug-likeness (QED) is 0.436. The van der Waals surface area contributed by atoms with Crippen LogP contribution in [0.1, 0.15) is 29.5 Å². The Bertz CT molecular complexity index is 1200. The molecule has 2 N–H and O–H groups in total. The van der Waals surface area contributed by atoms with Crippen molar-refractivity contribution in [2.45, 2.75) is 18.9 Å². The van der Waals surface area contributed by atoms with Gasteiger partial charge in [0, 0.05) is 6.54 Å². The average Bonchev–Trinajstić information content (AvgIpc) is 3.57. The Morgan fingerprint density at radius 3 is 2.20 bits per heavy atom. The summed E-state index contributed by atoms with van der Waals surface area (Å²) >= 11 is 0. The third kappa shape index (κ3) is 5.45. The molecule has 1 unspecified atom stereocenters. The van der Waals surface area contributed by atoms with Gasteiger partial charge in [0.25, 0.3) is 0 Å². The Kier molecular flexibility index (Phi) is 6.66. The molecule has 0 bridgehead atoms. The first kappa shape index (κ1) is 23.3. The zero-order valence-electron chi connectivity index (χ0n) is 20.1. The molecule has 0 aromatic heterocycles. The van der Waals surface area contributed by atoms with E-state index in [9.17, 15) is 10.2 Å². The minimum atomic E-state index is -0.551. The van der Waals surface area contributed by atoms with Crippen molar-refractivity contribution in [2.75, 3.05) is 34.0 Å². The van der Waals surface area contributed by atoms with Crippen molar-refractivity contribution < 1.29 is 24.4 Å². The number of hydrogen-bond acceptors (Lipinski definition) is 6. The standard InChI is InChI=1S/C29H31NO5/c1-30(2)16-24(32)17-33-25-12-7-21(8-13-25)28(20-5-10-23(31)11-6-20)29(19-3-4-19)22-9-14-26-27(15-22)35-18-34-26/h5-15,19,24,31-32H,3-4,16-18H2,1-2H3/b29-28+. The zero-order chi connectivity index (χ0) is 24.4. The summed E-state index contributed by atoms with van der Waals surface area (Å²) in [4.78, 5) is 1.93. The number of rotatable bonds is 9. The average molecular weight is 474 g/mol. The van der Waals surface area contributed by atoms with Crippen LogP contribution in [0, 0.1) is 5.92 Å². The molecule has 6 heteroatoms. The first-order valence-corrected chi connectivity index (χ1v) is 12.0. The van der Waals surface area contributed by atoms with Gasteiger partial charge in [0.05, 0.1) is 0 Å². The van der Waals surface area contributed by atoms with E-state index in [1.165, 1.54) is 5.57 Å². The van der Waals surface area contributed by atoms with Crippen LogP contribution >= 0.6 is 0 Å². The SMILES string of the molecule is CN(C)CC(O)COc1ccc(/C(=C(/c2ccc3c(c2)OCO3)C2CC2)c2ccc(O)cc2)cc1. The fourth-order valence-electron chi connectivity index (χ4n) is 4.51. The van der Waals surface area contributed by atoms with Gasteiger partial charge in [-0.05, 0) is 97.1 Å². The molecule has 0 spiro atoms. The highest BCUT2D eigenvalue weighted by Crippen LogP contribution is 2.49. The second-order valence-electron chi connectivity index (χ2n) is 9.43. The molecule has 5 rings (SSSR count). The van der Waals surface area contributed by atoms with Gasteiger partial charge in [-0.25, -0.2) is 0 Å². The van der Waals surface area contributed by atoms with E-state index in [1.54, 1.807) is 12.1 Å². The van der Waals surface area contributed by atoms with Gasteiger partial charge in [0.15, 0.2) is 11.5 Å². The van der Waals surface area contributed by atoms with E-state index in [2.05, 4.69) is 24.3 Å². The number of aliphatic hydroxyl groups is 1. The number of allylic oxidation sites excluding steroid dienone is 1. The monoisotopic (exact) mass is 473 g/mol. The molecule has 3 aromatic rings. The van der Waals surface area contributed by atoms with Crippen LogP contribution in [-0.2, 0) is 0 Å². The normalized spacial score (nSPS) is 16.2. The highest BCUT2D eigenvalue weighted by molar-refractivity contribution is 6.00. The lowest BCUT2D eigenvalue weighted by Gasteiger charge is -2.19. The largest absolute Gasteiger partial charge is 0.508 e. The molecule has 2 aliphatic rings. The first-order valence-electron chi connectivity index (χ1n) is 12.0. The molecular formula is C29H31NO5. The lowest BCUT2D eigenvalue weighted by atomic mass is 9.87. The number of phenols is 1. The maximum absolute atomic E-state index is 10.1. The first-order chi connectivity index (χ1) is 17.0. The van der Waals surface area contributed by atoms with Gasteiger partial charge >= 0.3 is 0 Å². The summed E-state index contributed by atoms with van der Waals surface area (Å²) in [5, 5.41) is 20.0. The van der Waals surface area contributed by atoms with Crippen molar-refractivity contribution in [1.29, 1.82) is 0 Å². The number of aliphatic hydroxyl groups excluding tert-OH is 1. The van der Waals surface area contributed by atoms with Crippen LogP contribution in [0.2, 0.25) is 0 Å². The topological polar surface area (TPSA) is 71.4 Å². The molecular weight excluding hydrogens is 442 g/mol. The summed E-state index contributed by atoms with van der Waals surface area (Å²) in [5.74, 6) is 2.95. The minimum absolute atomic E-state index is 0.239. The molecule has 1 fully saturated rings. The van der Waals surface area contributed by atoms with Crippen molar-refractivity contribution in [2.24, 2.45) is 5.92 Å². The Hall–Kier alpha value is -3.48. The number of likely N-dealkylation sites (N-methyl/N-ethyl adjacent to an activating group) is 1. The number of fused-ring (bicyclic) bond motifs is 1. The Balaban J connectivity index is 1.52. The van der Waals surface area contributed by atoms with Crippen molar-refractivity contribution >= 4 is 11.1 Å². The number of benzene rings is 3. The number of hydrogen-bond donors (Lipinski definition) is 2. The van der Waals surface area contributed by atoms with Crippen molar-refractivity contribution in [1.82, 2.24) is 4.90 Å². The van der Waals surface area contributed by atoms with E-state index < -0.39 is 6.10 Å². The molecule has 0 amide bonds. The number of ether oxygens (including phenoxy) is 3. The van der Waals surface area contributed by atoms with E-state index >= 15 is 0 Å². The van der Waals surface area contributed by atoms with Gasteiger partial charge in [-0.1, -0.05) is 30.3 Å². The molecule has 6 nitrogen and oxygen atoms in total. The fraction of sp³-hybridized carbons (Fsp3) is 0.310. The molecule has 0 radical (unpaired) electrons. The molecule has 182 valence electrons. The van der Waals surface area contributed by atoms with Gasteiger partial charge < -0.3 is 29.3 Å². The Morgan fingerprint density at radius 1 is 0.914 bits per heavy atom. The van der Waals surface area contributed by atoms with Crippen LogP contribution in [0.4, 0.5) is 0 Å². The summed E-state index contributed by atoms with van der Waals surface area (Å²) < 4.78 is 17.0. The lowest BCUT2D eigenvalue weighted by molar-refractivity contribution is 0.0831. The third-order valence-corrected chi connectivity index (χ3v) is 6.26. The van der Waals surface area contributed by atoms with Gasteiger partial charge in [-0.3, -0.25) is 0 Å². The van der Waals surface area contributed by atoms with E-state index in [4.69, 9.17) is 14.2 Å². The maximum Gasteiger partial charge on any atom is 0.231 e. The summed E-state index contributed by atoms with van der Waals surface area (Å²) in [6.07, 6.45) is 1.72. The van der Waals surface area contributed by atoms with Gasteiger partial charge in [0.2, 0.25) is 6.79 Å². The van der Waals surface area contributed by atoms with Crippen LogP contribution in [0.5, 0.6) is 23.0 Å².